The fourth-order valence-electron chi connectivity index (χ4n) is 1.96. The number of likely N-dealkylation sites (N-methyl/N-ethyl adjacent to an activating group) is 1. The Hall–Kier alpha value is -1.06. The molecule has 0 saturated carbocycles. The number of nitrogens with zero attached hydrogens (tertiary/aromatic N) is 1. The second-order valence-corrected chi connectivity index (χ2v) is 4.44. The minimum atomic E-state index is 0.411. The quantitative estimate of drug-likeness (QED) is 0.825. The molecule has 0 bridgehead atoms. The predicted molar refractivity (Wildman–Crippen MR) is 70.4 cm³/mol. The van der Waals surface area contributed by atoms with E-state index in [9.17, 15) is 5.11 Å². The van der Waals surface area contributed by atoms with Crippen molar-refractivity contribution in [1.82, 2.24) is 4.90 Å². The number of benzene rings is 1. The van der Waals surface area contributed by atoms with Gasteiger partial charge in [-0.05, 0) is 37.1 Å². The Kier molecular flexibility index (Phi) is 5.45. The molecule has 0 fully saturated rings. The summed E-state index contributed by atoms with van der Waals surface area (Å²) in [7, 11) is 1.72. The van der Waals surface area contributed by atoms with Gasteiger partial charge in [-0.2, -0.15) is 0 Å². The monoisotopic (exact) mass is 237 g/mol. The second-order valence-electron chi connectivity index (χ2n) is 4.44. The van der Waals surface area contributed by atoms with Gasteiger partial charge in [0.1, 0.15) is 5.75 Å². The maximum Gasteiger partial charge on any atom is 0.121 e. The Morgan fingerprint density at radius 1 is 1.24 bits per heavy atom. The largest absolute Gasteiger partial charge is 0.507 e. The highest BCUT2D eigenvalue weighted by Crippen LogP contribution is 2.23. The summed E-state index contributed by atoms with van der Waals surface area (Å²) in [5.41, 5.74) is 3.14. The van der Waals surface area contributed by atoms with Crippen molar-refractivity contribution in [2.45, 2.75) is 27.3 Å². The smallest absolute Gasteiger partial charge is 0.121 e. The second kappa shape index (κ2) is 6.62. The summed E-state index contributed by atoms with van der Waals surface area (Å²) in [5, 5.41) is 9.73. The maximum atomic E-state index is 9.73. The first-order valence-corrected chi connectivity index (χ1v) is 6.08. The van der Waals surface area contributed by atoms with E-state index in [1.807, 2.05) is 13.8 Å². The fraction of sp³-hybridized carbons (Fsp3) is 0.571. The zero-order chi connectivity index (χ0) is 12.8. The van der Waals surface area contributed by atoms with Crippen molar-refractivity contribution in [3.63, 3.8) is 0 Å². The van der Waals surface area contributed by atoms with Crippen LogP contribution in [0.5, 0.6) is 5.75 Å². The summed E-state index contributed by atoms with van der Waals surface area (Å²) in [5.74, 6) is 0.411. The molecule has 0 aromatic heterocycles. The molecule has 0 unspecified atom stereocenters. The van der Waals surface area contributed by atoms with Crippen molar-refractivity contribution in [2.24, 2.45) is 0 Å². The minimum Gasteiger partial charge on any atom is -0.507 e. The summed E-state index contributed by atoms with van der Waals surface area (Å²) in [4.78, 5) is 2.33. The Morgan fingerprint density at radius 2 is 1.82 bits per heavy atom. The first kappa shape index (κ1) is 14.0. The molecule has 0 radical (unpaired) electrons. The normalized spacial score (nSPS) is 11.1. The average Bonchev–Trinajstić information content (AvgIpc) is 2.31. The lowest BCUT2D eigenvalue weighted by molar-refractivity contribution is 0.147. The molecule has 0 spiro atoms. The molecular weight excluding hydrogens is 214 g/mol. The van der Waals surface area contributed by atoms with E-state index >= 15 is 0 Å². The van der Waals surface area contributed by atoms with Crippen molar-refractivity contribution in [3.05, 3.63) is 28.8 Å². The van der Waals surface area contributed by atoms with Crippen molar-refractivity contribution in [3.8, 4) is 5.75 Å². The van der Waals surface area contributed by atoms with E-state index in [2.05, 4.69) is 24.0 Å². The molecule has 17 heavy (non-hydrogen) atoms. The lowest BCUT2D eigenvalue weighted by Crippen LogP contribution is -2.26. The Bertz CT molecular complexity index is 340. The summed E-state index contributed by atoms with van der Waals surface area (Å²) in [6.45, 7) is 9.63. The zero-order valence-electron chi connectivity index (χ0n) is 11.3. The van der Waals surface area contributed by atoms with E-state index in [0.717, 1.165) is 37.4 Å². The van der Waals surface area contributed by atoms with Crippen LogP contribution in [-0.2, 0) is 11.3 Å². The number of phenols is 1. The lowest BCUT2D eigenvalue weighted by Gasteiger charge is -2.20. The summed E-state index contributed by atoms with van der Waals surface area (Å²) < 4.78 is 5.10. The first-order chi connectivity index (χ1) is 8.08. The van der Waals surface area contributed by atoms with Crippen LogP contribution in [0.2, 0.25) is 0 Å². The van der Waals surface area contributed by atoms with E-state index in [1.165, 1.54) is 5.56 Å². The average molecular weight is 237 g/mol. The van der Waals surface area contributed by atoms with E-state index in [1.54, 1.807) is 7.11 Å². The van der Waals surface area contributed by atoms with Gasteiger partial charge in [0, 0.05) is 20.2 Å². The molecule has 1 aromatic carbocycles. The molecule has 0 amide bonds. The zero-order valence-corrected chi connectivity index (χ0v) is 11.3. The standard InChI is InChI=1S/C14H23NO2/c1-5-15(6-7-17-4)10-13-8-11(2)14(16)12(3)9-13/h8-9,16H,5-7,10H2,1-4H3. The van der Waals surface area contributed by atoms with Crippen molar-refractivity contribution in [1.29, 1.82) is 0 Å². The SMILES string of the molecule is CCN(CCOC)Cc1cc(C)c(O)c(C)c1. The third-order valence-electron chi connectivity index (χ3n) is 3.02. The summed E-state index contributed by atoms with van der Waals surface area (Å²) in [6.07, 6.45) is 0. The highest BCUT2D eigenvalue weighted by Gasteiger charge is 2.07. The number of methoxy groups -OCH3 is 1. The summed E-state index contributed by atoms with van der Waals surface area (Å²) in [6, 6.07) is 4.11. The third-order valence-corrected chi connectivity index (χ3v) is 3.02. The maximum absolute atomic E-state index is 9.73. The molecule has 96 valence electrons. The van der Waals surface area contributed by atoms with Gasteiger partial charge in [-0.25, -0.2) is 0 Å². The molecule has 0 aliphatic carbocycles. The molecule has 1 rings (SSSR count). The molecule has 1 aromatic rings. The number of aryl methyl sites for hydroxylation is 2. The van der Waals surface area contributed by atoms with Gasteiger partial charge in [-0.3, -0.25) is 4.90 Å². The van der Waals surface area contributed by atoms with Crippen molar-refractivity contribution >= 4 is 0 Å². The van der Waals surface area contributed by atoms with Gasteiger partial charge in [0.15, 0.2) is 0 Å². The Morgan fingerprint density at radius 3 is 2.29 bits per heavy atom. The summed E-state index contributed by atoms with van der Waals surface area (Å²) >= 11 is 0. The van der Waals surface area contributed by atoms with Crippen LogP contribution in [0.25, 0.3) is 0 Å². The molecule has 0 atom stereocenters. The van der Waals surface area contributed by atoms with Crippen LogP contribution >= 0.6 is 0 Å². The molecule has 0 aliphatic heterocycles. The van der Waals surface area contributed by atoms with E-state index in [-0.39, 0.29) is 0 Å². The molecule has 3 heteroatoms. The molecular formula is C14H23NO2. The van der Waals surface area contributed by atoms with Gasteiger partial charge in [-0.15, -0.1) is 0 Å². The third kappa shape index (κ3) is 4.02. The molecule has 3 nitrogen and oxygen atoms in total. The number of rotatable bonds is 6. The molecule has 0 aliphatic rings. The molecule has 0 heterocycles. The fourth-order valence-corrected chi connectivity index (χ4v) is 1.96. The van der Waals surface area contributed by atoms with Crippen LogP contribution < -0.4 is 0 Å². The van der Waals surface area contributed by atoms with Crippen LogP contribution in [-0.4, -0.2) is 36.8 Å². The van der Waals surface area contributed by atoms with Gasteiger partial charge in [0.25, 0.3) is 0 Å². The number of phenolic OH excluding ortho intramolecular Hbond substituents is 1. The first-order valence-electron chi connectivity index (χ1n) is 6.08. The number of hydrogen-bond acceptors (Lipinski definition) is 3. The van der Waals surface area contributed by atoms with E-state index < -0.39 is 0 Å². The minimum absolute atomic E-state index is 0.411. The van der Waals surface area contributed by atoms with Gasteiger partial charge in [0.05, 0.1) is 6.61 Å². The number of hydrogen-bond donors (Lipinski definition) is 1. The Labute approximate surface area is 104 Å². The van der Waals surface area contributed by atoms with Crippen molar-refractivity contribution in [2.75, 3.05) is 26.8 Å². The highest BCUT2D eigenvalue weighted by atomic mass is 16.5. The van der Waals surface area contributed by atoms with Gasteiger partial charge in [-0.1, -0.05) is 19.1 Å². The topological polar surface area (TPSA) is 32.7 Å². The lowest BCUT2D eigenvalue weighted by atomic mass is 10.1. The van der Waals surface area contributed by atoms with Gasteiger partial charge >= 0.3 is 0 Å². The number of ether oxygens (including phenoxy) is 1. The van der Waals surface area contributed by atoms with Crippen LogP contribution in [0, 0.1) is 13.8 Å². The predicted octanol–water partition coefficient (Wildman–Crippen LogP) is 2.48. The van der Waals surface area contributed by atoms with E-state index in [4.69, 9.17) is 4.74 Å². The molecule has 1 N–H and O–H groups in total. The number of aromatic hydroxyl groups is 1. The van der Waals surface area contributed by atoms with Crippen LogP contribution in [0.4, 0.5) is 0 Å². The molecule has 0 saturated heterocycles. The van der Waals surface area contributed by atoms with Crippen molar-refractivity contribution < 1.29 is 9.84 Å². The van der Waals surface area contributed by atoms with Crippen LogP contribution in [0.1, 0.15) is 23.6 Å². The van der Waals surface area contributed by atoms with Crippen LogP contribution in [0.15, 0.2) is 12.1 Å². The van der Waals surface area contributed by atoms with Crippen LogP contribution in [0.3, 0.4) is 0 Å². The highest BCUT2D eigenvalue weighted by molar-refractivity contribution is 5.42. The van der Waals surface area contributed by atoms with Gasteiger partial charge in [0.2, 0.25) is 0 Å². The van der Waals surface area contributed by atoms with E-state index in [0.29, 0.717) is 5.75 Å². The Balaban J connectivity index is 2.72. The van der Waals surface area contributed by atoms with Gasteiger partial charge < -0.3 is 9.84 Å².